The van der Waals surface area contributed by atoms with Gasteiger partial charge in [-0.05, 0) is 31.0 Å². The molecule has 20 heavy (non-hydrogen) atoms. The van der Waals surface area contributed by atoms with E-state index in [1.807, 2.05) is 0 Å². The minimum atomic E-state index is -0.681. The molecule has 0 heterocycles. The van der Waals surface area contributed by atoms with Gasteiger partial charge in [0, 0.05) is 4.47 Å². The maximum Gasteiger partial charge on any atom is 0.255 e. The van der Waals surface area contributed by atoms with Crippen molar-refractivity contribution < 1.29 is 9.18 Å². The van der Waals surface area contributed by atoms with Gasteiger partial charge in [-0.2, -0.15) is 0 Å². The van der Waals surface area contributed by atoms with Gasteiger partial charge in [-0.3, -0.25) is 4.79 Å². The van der Waals surface area contributed by atoms with Gasteiger partial charge in [0.1, 0.15) is 5.82 Å². The van der Waals surface area contributed by atoms with Crippen molar-refractivity contribution >= 4 is 39.0 Å². The molecule has 0 atom stereocenters. The van der Waals surface area contributed by atoms with Crippen molar-refractivity contribution in [1.29, 1.82) is 0 Å². The van der Waals surface area contributed by atoms with Crippen LogP contribution in [0.25, 0.3) is 0 Å². The Labute approximate surface area is 131 Å². The highest BCUT2D eigenvalue weighted by atomic mass is 79.9. The molecule has 3 nitrogen and oxygen atoms in total. The van der Waals surface area contributed by atoms with Crippen LogP contribution in [0.1, 0.15) is 42.5 Å². The monoisotopic (exact) mass is 358 g/mol. The summed E-state index contributed by atoms with van der Waals surface area (Å²) in [6.45, 7) is 0. The molecule has 0 aromatic heterocycles. The summed E-state index contributed by atoms with van der Waals surface area (Å²) in [5.74, 6) is -1.03. The zero-order chi connectivity index (χ0) is 14.8. The van der Waals surface area contributed by atoms with Crippen molar-refractivity contribution in [2.45, 2.75) is 37.6 Å². The fourth-order valence-electron chi connectivity index (χ4n) is 2.54. The van der Waals surface area contributed by atoms with Gasteiger partial charge in [0.2, 0.25) is 0 Å². The van der Waals surface area contributed by atoms with Gasteiger partial charge in [0.25, 0.3) is 5.91 Å². The number of rotatable bonds is 3. The summed E-state index contributed by atoms with van der Waals surface area (Å²) in [5, 5.41) is 2.85. The van der Waals surface area contributed by atoms with Crippen LogP contribution in [-0.2, 0) is 0 Å². The zero-order valence-corrected chi connectivity index (χ0v) is 13.3. The first-order valence-electron chi connectivity index (χ1n) is 6.52. The minimum Gasteiger partial charge on any atom is -0.391 e. The summed E-state index contributed by atoms with van der Waals surface area (Å²) >= 11 is 8.35. The number of carbonyl (C=O) groups excluding carboxylic acids is 1. The third kappa shape index (κ3) is 3.17. The molecule has 1 fully saturated rings. The van der Waals surface area contributed by atoms with Gasteiger partial charge in [-0.15, -0.1) is 0 Å². The number of benzene rings is 1. The van der Waals surface area contributed by atoms with Crippen molar-refractivity contribution in [3.05, 3.63) is 34.1 Å². The van der Waals surface area contributed by atoms with Gasteiger partial charge in [-0.1, -0.05) is 47.4 Å². The van der Waals surface area contributed by atoms with Crippen LogP contribution in [0.3, 0.4) is 0 Å². The maximum absolute atomic E-state index is 13.8. The lowest BCUT2D eigenvalue weighted by molar-refractivity contribution is 0.0904. The zero-order valence-electron chi connectivity index (χ0n) is 10.9. The van der Waals surface area contributed by atoms with E-state index >= 15 is 0 Å². The number of nitrogens with two attached hydrogens (primary N) is 1. The van der Waals surface area contributed by atoms with Crippen LogP contribution in [0.15, 0.2) is 22.7 Å². The molecule has 1 aromatic carbocycles. The third-order valence-electron chi connectivity index (χ3n) is 3.70. The van der Waals surface area contributed by atoms with Gasteiger partial charge in [0.05, 0.1) is 16.1 Å². The van der Waals surface area contributed by atoms with Crippen LogP contribution >= 0.6 is 28.1 Å². The van der Waals surface area contributed by atoms with E-state index in [-0.39, 0.29) is 10.6 Å². The molecule has 6 heteroatoms. The fourth-order valence-corrected chi connectivity index (χ4v) is 3.16. The van der Waals surface area contributed by atoms with Gasteiger partial charge < -0.3 is 11.1 Å². The molecule has 1 saturated carbocycles. The average molecular weight is 359 g/mol. The molecule has 1 aliphatic carbocycles. The van der Waals surface area contributed by atoms with Gasteiger partial charge in [-0.25, -0.2) is 4.39 Å². The van der Waals surface area contributed by atoms with Crippen LogP contribution in [0.5, 0.6) is 0 Å². The van der Waals surface area contributed by atoms with Crippen LogP contribution in [0, 0.1) is 5.82 Å². The van der Waals surface area contributed by atoms with Gasteiger partial charge in [0.15, 0.2) is 0 Å². The Morgan fingerprint density at radius 2 is 2.00 bits per heavy atom. The number of thiocarbonyl (C=S) groups is 1. The van der Waals surface area contributed by atoms with E-state index in [9.17, 15) is 9.18 Å². The number of amides is 1. The van der Waals surface area contributed by atoms with Gasteiger partial charge >= 0.3 is 0 Å². The van der Waals surface area contributed by atoms with E-state index < -0.39 is 17.3 Å². The highest BCUT2D eigenvalue weighted by Crippen LogP contribution is 2.29. The van der Waals surface area contributed by atoms with Crippen molar-refractivity contribution in [3.63, 3.8) is 0 Å². The molecule has 1 amide bonds. The predicted molar refractivity (Wildman–Crippen MR) is 84.2 cm³/mol. The normalized spacial score (nSPS) is 17.5. The van der Waals surface area contributed by atoms with Crippen molar-refractivity contribution in [2.75, 3.05) is 0 Å². The second-order valence-corrected chi connectivity index (χ2v) is 6.44. The minimum absolute atomic E-state index is 0.000531. The van der Waals surface area contributed by atoms with E-state index in [1.54, 1.807) is 6.07 Å². The average Bonchev–Trinajstić information content (AvgIpc) is 2.42. The lowest BCUT2D eigenvalue weighted by Gasteiger charge is -2.37. The lowest BCUT2D eigenvalue weighted by Crippen LogP contribution is -2.57. The molecule has 0 spiro atoms. The highest BCUT2D eigenvalue weighted by molar-refractivity contribution is 9.10. The standard InChI is InChI=1S/C14H16BrFN2OS/c15-9-4-5-11(16)10(8-9)12(19)18-14(13(17)20)6-2-1-3-7-14/h4-5,8H,1-3,6-7H2,(H2,17,20)(H,18,19). The Bertz CT molecular complexity index is 544. The Kier molecular flexibility index (Phi) is 4.75. The number of hydrogen-bond donors (Lipinski definition) is 2. The molecule has 108 valence electrons. The summed E-state index contributed by atoms with van der Waals surface area (Å²) in [5.41, 5.74) is 5.13. The Balaban J connectivity index is 2.24. The van der Waals surface area contributed by atoms with Crippen LogP contribution in [0.4, 0.5) is 4.39 Å². The van der Waals surface area contributed by atoms with E-state index in [0.717, 1.165) is 19.3 Å². The summed E-state index contributed by atoms with van der Waals surface area (Å²) in [7, 11) is 0. The molecular formula is C14H16BrFN2OS. The van der Waals surface area contributed by atoms with Crippen molar-refractivity contribution in [3.8, 4) is 0 Å². The maximum atomic E-state index is 13.8. The number of hydrogen-bond acceptors (Lipinski definition) is 2. The molecule has 2 rings (SSSR count). The van der Waals surface area contributed by atoms with E-state index in [2.05, 4.69) is 21.2 Å². The topological polar surface area (TPSA) is 55.1 Å². The van der Waals surface area contributed by atoms with Crippen molar-refractivity contribution in [2.24, 2.45) is 5.73 Å². The summed E-state index contributed by atoms with van der Waals surface area (Å²) < 4.78 is 14.4. The van der Waals surface area contributed by atoms with Crippen molar-refractivity contribution in [1.82, 2.24) is 5.32 Å². The molecule has 1 aliphatic rings. The fraction of sp³-hybridized carbons (Fsp3) is 0.429. The molecule has 3 N–H and O–H groups in total. The first kappa shape index (κ1) is 15.4. The molecule has 1 aromatic rings. The molecule has 0 unspecified atom stereocenters. The largest absolute Gasteiger partial charge is 0.391 e. The summed E-state index contributed by atoms with van der Waals surface area (Å²) in [6.07, 6.45) is 4.44. The predicted octanol–water partition coefficient (Wildman–Crippen LogP) is 3.31. The second kappa shape index (κ2) is 6.18. The van der Waals surface area contributed by atoms with Crippen LogP contribution in [-0.4, -0.2) is 16.4 Å². The summed E-state index contributed by atoms with van der Waals surface area (Å²) in [6, 6.07) is 4.27. The van der Waals surface area contributed by atoms with Crippen LogP contribution in [0.2, 0.25) is 0 Å². The van der Waals surface area contributed by atoms with E-state index in [0.29, 0.717) is 17.3 Å². The molecular weight excluding hydrogens is 343 g/mol. The first-order valence-corrected chi connectivity index (χ1v) is 7.72. The molecule has 0 aliphatic heterocycles. The molecule has 0 saturated heterocycles. The Morgan fingerprint density at radius 1 is 1.35 bits per heavy atom. The second-order valence-electron chi connectivity index (χ2n) is 5.09. The smallest absolute Gasteiger partial charge is 0.255 e. The first-order chi connectivity index (χ1) is 9.44. The lowest BCUT2D eigenvalue weighted by atomic mass is 9.81. The number of nitrogens with one attached hydrogen (secondary N) is 1. The summed E-state index contributed by atoms with van der Waals surface area (Å²) in [4.78, 5) is 12.6. The Morgan fingerprint density at radius 3 is 2.60 bits per heavy atom. The quantitative estimate of drug-likeness (QED) is 0.815. The van der Waals surface area contributed by atoms with E-state index in [1.165, 1.54) is 12.1 Å². The van der Waals surface area contributed by atoms with Crippen LogP contribution < -0.4 is 11.1 Å². The molecule has 0 bridgehead atoms. The van der Waals surface area contributed by atoms with E-state index in [4.69, 9.17) is 18.0 Å². The third-order valence-corrected chi connectivity index (χ3v) is 4.59. The Hall–Kier alpha value is -1.01. The number of carbonyl (C=O) groups is 1. The highest BCUT2D eigenvalue weighted by Gasteiger charge is 2.37. The molecule has 0 radical (unpaired) electrons. The SMILES string of the molecule is NC(=S)C1(NC(=O)c2cc(Br)ccc2F)CCCCC1. The number of halogens is 2.